The molecule has 2 N–H and O–H groups in total. The lowest BCUT2D eigenvalue weighted by atomic mass is 10.1. The number of pyridine rings is 1. The Bertz CT molecular complexity index is 653. The van der Waals surface area contributed by atoms with Crippen molar-refractivity contribution in [1.82, 2.24) is 4.98 Å². The van der Waals surface area contributed by atoms with Gasteiger partial charge >= 0.3 is 5.97 Å². The third-order valence-corrected chi connectivity index (χ3v) is 2.22. The summed E-state index contributed by atoms with van der Waals surface area (Å²) in [5, 5.41) is 18.2. The highest BCUT2D eigenvalue weighted by molar-refractivity contribution is 5.90. The maximum atomic E-state index is 11.0. The Hall–Kier alpha value is -2.80. The first kappa shape index (κ1) is 11.7. The Morgan fingerprint density at radius 3 is 2.67 bits per heavy atom. The van der Waals surface area contributed by atoms with Gasteiger partial charge in [0.05, 0.1) is 11.8 Å². The zero-order valence-electron chi connectivity index (χ0n) is 9.29. The maximum absolute atomic E-state index is 11.0. The molecule has 0 amide bonds. The van der Waals surface area contributed by atoms with Gasteiger partial charge in [0.25, 0.3) is 0 Å². The van der Waals surface area contributed by atoms with Gasteiger partial charge in [-0.05, 0) is 18.2 Å². The summed E-state index contributed by atoms with van der Waals surface area (Å²) in [7, 11) is 0. The number of benzene rings is 1. The smallest absolute Gasteiger partial charge is 0.336 e. The third kappa shape index (κ3) is 2.66. The molecule has 0 spiro atoms. The SMILES string of the molecule is O=C(O)c1ccccc1C#Cc1cncc(O)c1. The van der Waals surface area contributed by atoms with E-state index in [2.05, 4.69) is 16.8 Å². The van der Waals surface area contributed by atoms with Crippen LogP contribution >= 0.6 is 0 Å². The van der Waals surface area contributed by atoms with Crippen LogP contribution in [0.2, 0.25) is 0 Å². The summed E-state index contributed by atoms with van der Waals surface area (Å²) in [5.41, 5.74) is 1.10. The standard InChI is InChI=1S/C14H9NO3/c16-12-7-10(8-15-9-12)5-6-11-3-1-2-4-13(11)14(17)18/h1-4,7-9,16H,(H,17,18). The van der Waals surface area contributed by atoms with Crippen LogP contribution in [0.1, 0.15) is 21.5 Å². The average molecular weight is 239 g/mol. The van der Waals surface area contributed by atoms with Crippen LogP contribution in [-0.4, -0.2) is 21.2 Å². The highest BCUT2D eigenvalue weighted by atomic mass is 16.4. The molecule has 88 valence electrons. The Balaban J connectivity index is 2.39. The number of carboxylic acid groups (broad SMARTS) is 1. The van der Waals surface area contributed by atoms with E-state index in [4.69, 9.17) is 5.11 Å². The molecule has 0 fully saturated rings. The Labute approximate surface area is 104 Å². The van der Waals surface area contributed by atoms with Gasteiger partial charge in [-0.15, -0.1) is 0 Å². The molecule has 0 aliphatic carbocycles. The zero-order valence-corrected chi connectivity index (χ0v) is 9.29. The van der Waals surface area contributed by atoms with Crippen molar-refractivity contribution in [2.75, 3.05) is 0 Å². The van der Waals surface area contributed by atoms with Crippen molar-refractivity contribution in [3.05, 3.63) is 59.4 Å². The predicted molar refractivity (Wildman–Crippen MR) is 65.3 cm³/mol. The number of aromatic hydroxyl groups is 1. The molecular formula is C14H9NO3. The molecule has 4 nitrogen and oxygen atoms in total. The van der Waals surface area contributed by atoms with Crippen LogP contribution in [0.3, 0.4) is 0 Å². The van der Waals surface area contributed by atoms with Crippen molar-refractivity contribution in [1.29, 1.82) is 0 Å². The third-order valence-electron chi connectivity index (χ3n) is 2.22. The van der Waals surface area contributed by atoms with Crippen molar-refractivity contribution in [3.8, 4) is 17.6 Å². The van der Waals surface area contributed by atoms with Crippen LogP contribution in [0.4, 0.5) is 0 Å². The van der Waals surface area contributed by atoms with E-state index in [1.807, 2.05) is 0 Å². The summed E-state index contributed by atoms with van der Waals surface area (Å²) < 4.78 is 0. The molecule has 1 aromatic carbocycles. The summed E-state index contributed by atoms with van der Waals surface area (Å²) in [6, 6.07) is 7.95. The maximum Gasteiger partial charge on any atom is 0.336 e. The molecule has 2 rings (SSSR count). The summed E-state index contributed by atoms with van der Waals surface area (Å²) in [6.07, 6.45) is 2.80. The topological polar surface area (TPSA) is 70.4 Å². The van der Waals surface area contributed by atoms with Crippen LogP contribution in [0.5, 0.6) is 5.75 Å². The monoisotopic (exact) mass is 239 g/mol. The molecule has 0 saturated heterocycles. The molecule has 1 aromatic heterocycles. The summed E-state index contributed by atoms with van der Waals surface area (Å²) in [6.45, 7) is 0. The van der Waals surface area contributed by atoms with Gasteiger partial charge in [-0.1, -0.05) is 24.0 Å². The van der Waals surface area contributed by atoms with Crippen molar-refractivity contribution >= 4 is 5.97 Å². The summed E-state index contributed by atoms with van der Waals surface area (Å²) >= 11 is 0. The van der Waals surface area contributed by atoms with E-state index in [1.165, 1.54) is 24.5 Å². The summed E-state index contributed by atoms with van der Waals surface area (Å²) in [5.74, 6) is 4.52. The minimum absolute atomic E-state index is 0.0216. The lowest BCUT2D eigenvalue weighted by Crippen LogP contribution is -1.99. The van der Waals surface area contributed by atoms with Crippen LogP contribution in [0.15, 0.2) is 42.7 Å². The molecular weight excluding hydrogens is 230 g/mol. The number of rotatable bonds is 1. The minimum atomic E-state index is -1.02. The molecule has 0 aliphatic heterocycles. The number of aromatic carboxylic acids is 1. The molecule has 2 aromatic rings. The molecule has 18 heavy (non-hydrogen) atoms. The second kappa shape index (κ2) is 5.02. The normalized spacial score (nSPS) is 9.33. The van der Waals surface area contributed by atoms with Gasteiger partial charge in [0, 0.05) is 17.3 Å². The van der Waals surface area contributed by atoms with Gasteiger partial charge in [-0.2, -0.15) is 0 Å². The van der Waals surface area contributed by atoms with E-state index in [0.29, 0.717) is 11.1 Å². The molecule has 4 heteroatoms. The molecule has 0 bridgehead atoms. The van der Waals surface area contributed by atoms with E-state index in [0.717, 1.165) is 0 Å². The number of nitrogens with zero attached hydrogens (tertiary/aromatic N) is 1. The first-order valence-electron chi connectivity index (χ1n) is 5.15. The molecule has 0 saturated carbocycles. The molecule has 0 aliphatic rings. The van der Waals surface area contributed by atoms with Crippen LogP contribution in [-0.2, 0) is 0 Å². The second-order valence-electron chi connectivity index (χ2n) is 3.53. The Morgan fingerprint density at radius 1 is 1.17 bits per heavy atom. The van der Waals surface area contributed by atoms with Gasteiger partial charge in [0.1, 0.15) is 5.75 Å². The fourth-order valence-corrected chi connectivity index (χ4v) is 1.41. The molecule has 0 radical (unpaired) electrons. The fraction of sp³-hybridized carbons (Fsp3) is 0. The zero-order chi connectivity index (χ0) is 13.0. The predicted octanol–water partition coefficient (Wildman–Crippen LogP) is 1.89. The number of carboxylic acids is 1. The Morgan fingerprint density at radius 2 is 1.94 bits per heavy atom. The molecule has 0 atom stereocenters. The summed E-state index contributed by atoms with van der Waals surface area (Å²) in [4.78, 5) is 14.8. The first-order valence-corrected chi connectivity index (χ1v) is 5.15. The lowest BCUT2D eigenvalue weighted by molar-refractivity contribution is 0.0696. The van der Waals surface area contributed by atoms with E-state index in [9.17, 15) is 9.90 Å². The van der Waals surface area contributed by atoms with Gasteiger partial charge in [-0.25, -0.2) is 4.79 Å². The average Bonchev–Trinajstić information content (AvgIpc) is 2.37. The van der Waals surface area contributed by atoms with Gasteiger partial charge in [-0.3, -0.25) is 4.98 Å². The van der Waals surface area contributed by atoms with Crippen molar-refractivity contribution in [2.24, 2.45) is 0 Å². The highest BCUT2D eigenvalue weighted by Gasteiger charge is 2.06. The highest BCUT2D eigenvalue weighted by Crippen LogP contribution is 2.09. The van der Waals surface area contributed by atoms with Gasteiger partial charge < -0.3 is 10.2 Å². The second-order valence-corrected chi connectivity index (χ2v) is 3.53. The molecule has 1 heterocycles. The van der Waals surface area contributed by atoms with Crippen molar-refractivity contribution < 1.29 is 15.0 Å². The van der Waals surface area contributed by atoms with Crippen LogP contribution < -0.4 is 0 Å². The van der Waals surface area contributed by atoms with Crippen LogP contribution in [0, 0.1) is 11.8 Å². The molecule has 0 unspecified atom stereocenters. The largest absolute Gasteiger partial charge is 0.506 e. The number of carbonyl (C=O) groups is 1. The lowest BCUT2D eigenvalue weighted by Gasteiger charge is -1.97. The number of aromatic nitrogens is 1. The van der Waals surface area contributed by atoms with E-state index < -0.39 is 5.97 Å². The van der Waals surface area contributed by atoms with Crippen LogP contribution in [0.25, 0.3) is 0 Å². The first-order chi connectivity index (χ1) is 8.66. The van der Waals surface area contributed by atoms with Crippen molar-refractivity contribution in [3.63, 3.8) is 0 Å². The van der Waals surface area contributed by atoms with Crippen molar-refractivity contribution in [2.45, 2.75) is 0 Å². The van der Waals surface area contributed by atoms with E-state index >= 15 is 0 Å². The van der Waals surface area contributed by atoms with E-state index in [-0.39, 0.29) is 11.3 Å². The van der Waals surface area contributed by atoms with E-state index in [1.54, 1.807) is 18.2 Å². The number of hydrogen-bond donors (Lipinski definition) is 2. The van der Waals surface area contributed by atoms with Gasteiger partial charge in [0.15, 0.2) is 0 Å². The van der Waals surface area contributed by atoms with Gasteiger partial charge in [0.2, 0.25) is 0 Å². The Kier molecular flexibility index (Phi) is 3.26. The minimum Gasteiger partial charge on any atom is -0.506 e. The number of hydrogen-bond acceptors (Lipinski definition) is 3. The quantitative estimate of drug-likeness (QED) is 0.745. The fourth-order valence-electron chi connectivity index (χ4n) is 1.41.